The molecular formula is C25H26N4O3. The Labute approximate surface area is 187 Å². The number of hydrogen-bond donors (Lipinski definition) is 1. The number of carbonyl (C=O) groups excluding carboxylic acids is 1. The molecule has 2 aliphatic heterocycles. The lowest BCUT2D eigenvalue weighted by atomic mass is 9.73. The minimum absolute atomic E-state index is 0.0346. The highest BCUT2D eigenvalue weighted by molar-refractivity contribution is 6.07. The average molecular weight is 431 g/mol. The lowest BCUT2D eigenvalue weighted by Gasteiger charge is -2.38. The summed E-state index contributed by atoms with van der Waals surface area (Å²) in [5.41, 5.74) is 3.09. The van der Waals surface area contributed by atoms with Crippen LogP contribution in [-0.4, -0.2) is 36.1 Å². The van der Waals surface area contributed by atoms with Crippen molar-refractivity contribution in [2.45, 2.75) is 32.1 Å². The Bertz CT molecular complexity index is 1150. The van der Waals surface area contributed by atoms with Gasteiger partial charge < -0.3 is 19.7 Å². The van der Waals surface area contributed by atoms with E-state index in [1.165, 1.54) is 0 Å². The number of hydrogen-bond acceptors (Lipinski definition) is 6. The molecule has 0 saturated carbocycles. The van der Waals surface area contributed by atoms with Crippen molar-refractivity contribution >= 4 is 17.5 Å². The van der Waals surface area contributed by atoms with E-state index in [9.17, 15) is 4.79 Å². The van der Waals surface area contributed by atoms with Crippen LogP contribution in [0.2, 0.25) is 0 Å². The first-order chi connectivity index (χ1) is 15.5. The van der Waals surface area contributed by atoms with Crippen molar-refractivity contribution in [1.29, 1.82) is 0 Å². The van der Waals surface area contributed by atoms with Crippen LogP contribution in [0.25, 0.3) is 0 Å². The van der Waals surface area contributed by atoms with Gasteiger partial charge in [-0.1, -0.05) is 18.2 Å². The molecule has 0 bridgehead atoms. The van der Waals surface area contributed by atoms with E-state index in [-0.39, 0.29) is 5.91 Å². The van der Waals surface area contributed by atoms with Gasteiger partial charge in [0, 0.05) is 36.2 Å². The molecule has 3 heterocycles. The van der Waals surface area contributed by atoms with E-state index in [1.54, 1.807) is 7.11 Å². The van der Waals surface area contributed by atoms with E-state index in [4.69, 9.17) is 9.47 Å². The van der Waals surface area contributed by atoms with E-state index in [0.717, 1.165) is 28.6 Å². The van der Waals surface area contributed by atoms with E-state index < -0.39 is 5.41 Å². The largest absolute Gasteiger partial charge is 0.493 e. The Kier molecular flexibility index (Phi) is 4.96. The predicted octanol–water partition coefficient (Wildman–Crippen LogP) is 4.38. The summed E-state index contributed by atoms with van der Waals surface area (Å²) in [5.74, 6) is 2.68. The minimum atomic E-state index is -0.580. The van der Waals surface area contributed by atoms with Gasteiger partial charge in [-0.25, -0.2) is 9.97 Å². The monoisotopic (exact) mass is 430 g/mol. The molecule has 1 amide bonds. The molecular weight excluding hydrogens is 404 g/mol. The van der Waals surface area contributed by atoms with Crippen LogP contribution < -0.4 is 19.7 Å². The van der Waals surface area contributed by atoms with Crippen molar-refractivity contribution in [2.24, 2.45) is 0 Å². The molecule has 0 aliphatic carbocycles. The quantitative estimate of drug-likeness (QED) is 0.662. The zero-order valence-corrected chi connectivity index (χ0v) is 18.5. The molecule has 0 radical (unpaired) electrons. The second kappa shape index (κ2) is 7.82. The van der Waals surface area contributed by atoms with Crippen LogP contribution in [0.15, 0.2) is 48.5 Å². The molecule has 2 aliphatic rings. The average Bonchev–Trinajstić information content (AvgIpc) is 3.04. The third kappa shape index (κ3) is 3.43. The molecule has 1 N–H and O–H groups in total. The van der Waals surface area contributed by atoms with Crippen LogP contribution in [0.5, 0.6) is 17.2 Å². The number of rotatable bonds is 4. The Balaban J connectivity index is 1.43. The molecule has 1 aromatic heterocycles. The first-order valence-corrected chi connectivity index (χ1v) is 10.8. The normalized spacial score (nSPS) is 16.6. The van der Waals surface area contributed by atoms with Gasteiger partial charge in [0.2, 0.25) is 11.9 Å². The van der Waals surface area contributed by atoms with Crippen molar-refractivity contribution < 1.29 is 14.3 Å². The van der Waals surface area contributed by atoms with E-state index in [1.807, 2.05) is 62.4 Å². The van der Waals surface area contributed by atoms with Crippen LogP contribution in [0.4, 0.5) is 11.6 Å². The summed E-state index contributed by atoms with van der Waals surface area (Å²) in [4.78, 5) is 24.5. The first-order valence-electron chi connectivity index (χ1n) is 10.8. The van der Waals surface area contributed by atoms with Gasteiger partial charge in [-0.15, -0.1) is 0 Å². The van der Waals surface area contributed by atoms with Crippen molar-refractivity contribution in [3.8, 4) is 17.2 Å². The topological polar surface area (TPSA) is 76.6 Å². The van der Waals surface area contributed by atoms with Gasteiger partial charge in [0.05, 0.1) is 12.5 Å². The number of amides is 1. The zero-order chi connectivity index (χ0) is 22.3. The van der Waals surface area contributed by atoms with Crippen LogP contribution in [0, 0.1) is 13.8 Å². The zero-order valence-electron chi connectivity index (χ0n) is 18.5. The number of benzene rings is 2. The van der Waals surface area contributed by atoms with E-state index in [2.05, 4.69) is 20.2 Å². The molecule has 7 heteroatoms. The summed E-state index contributed by atoms with van der Waals surface area (Å²) in [6.07, 6.45) is 1.37. The number of methoxy groups -OCH3 is 1. The summed E-state index contributed by atoms with van der Waals surface area (Å²) >= 11 is 0. The molecule has 3 aromatic rings. The predicted molar refractivity (Wildman–Crippen MR) is 123 cm³/mol. The Morgan fingerprint density at radius 2 is 1.66 bits per heavy atom. The van der Waals surface area contributed by atoms with Crippen LogP contribution >= 0.6 is 0 Å². The summed E-state index contributed by atoms with van der Waals surface area (Å²) in [5, 5.41) is 3.08. The molecule has 1 saturated heterocycles. The van der Waals surface area contributed by atoms with Gasteiger partial charge in [-0.05, 0) is 56.5 Å². The van der Waals surface area contributed by atoms with Gasteiger partial charge in [0.1, 0.15) is 5.75 Å². The maximum atomic E-state index is 13.2. The molecule has 2 aromatic carbocycles. The Morgan fingerprint density at radius 3 is 2.31 bits per heavy atom. The SMILES string of the molecule is COc1cc2c(cc1Oc1ccccc1)NC(=O)C21CCN(c2nc(C)cc(C)n2)CC1. The van der Waals surface area contributed by atoms with Crippen molar-refractivity contribution in [1.82, 2.24) is 9.97 Å². The number of aryl methyl sites for hydroxylation is 2. The number of piperidine rings is 1. The van der Waals surface area contributed by atoms with E-state index >= 15 is 0 Å². The van der Waals surface area contributed by atoms with Gasteiger partial charge in [-0.3, -0.25) is 4.79 Å². The standard InChI is InChI=1S/C25H26N4O3/c1-16-13-17(2)27-24(26-16)29-11-9-25(10-12-29)19-14-21(31-3)22(15-20(19)28-23(25)30)32-18-7-5-4-6-8-18/h4-8,13-15H,9-12H2,1-3H3,(H,28,30). The van der Waals surface area contributed by atoms with Gasteiger partial charge in [0.25, 0.3) is 0 Å². The van der Waals surface area contributed by atoms with Crippen molar-refractivity contribution in [3.63, 3.8) is 0 Å². The number of anilines is 2. The molecule has 5 rings (SSSR count). The number of para-hydroxylation sites is 1. The first kappa shape index (κ1) is 20.3. The summed E-state index contributed by atoms with van der Waals surface area (Å²) in [7, 11) is 1.62. The van der Waals surface area contributed by atoms with Crippen molar-refractivity contribution in [3.05, 3.63) is 65.5 Å². The van der Waals surface area contributed by atoms with Crippen LogP contribution in [0.1, 0.15) is 29.8 Å². The number of carbonyl (C=O) groups is 1. The van der Waals surface area contributed by atoms with Crippen molar-refractivity contribution in [2.75, 3.05) is 30.4 Å². The fourth-order valence-corrected chi connectivity index (χ4v) is 4.71. The molecule has 0 unspecified atom stereocenters. The van der Waals surface area contributed by atoms with Gasteiger partial charge in [0.15, 0.2) is 11.5 Å². The van der Waals surface area contributed by atoms with E-state index in [0.29, 0.717) is 43.2 Å². The third-order valence-corrected chi connectivity index (χ3v) is 6.34. The molecule has 7 nitrogen and oxygen atoms in total. The fourth-order valence-electron chi connectivity index (χ4n) is 4.71. The molecule has 1 fully saturated rings. The second-order valence-electron chi connectivity index (χ2n) is 8.44. The molecule has 164 valence electrons. The lowest BCUT2D eigenvalue weighted by Crippen LogP contribution is -2.47. The number of nitrogens with zero attached hydrogens (tertiary/aromatic N) is 3. The molecule has 32 heavy (non-hydrogen) atoms. The summed E-state index contributed by atoms with van der Waals surface area (Å²) < 4.78 is 11.7. The highest BCUT2D eigenvalue weighted by Gasteiger charge is 2.49. The Morgan fingerprint density at radius 1 is 0.969 bits per heavy atom. The Hall–Kier alpha value is -3.61. The summed E-state index contributed by atoms with van der Waals surface area (Å²) in [6.45, 7) is 5.37. The lowest BCUT2D eigenvalue weighted by molar-refractivity contribution is -0.121. The molecule has 0 atom stereocenters. The number of fused-ring (bicyclic) bond motifs is 2. The molecule has 1 spiro atoms. The highest BCUT2D eigenvalue weighted by atomic mass is 16.5. The second-order valence-corrected chi connectivity index (χ2v) is 8.44. The fraction of sp³-hybridized carbons (Fsp3) is 0.320. The van der Waals surface area contributed by atoms with Crippen LogP contribution in [-0.2, 0) is 10.2 Å². The van der Waals surface area contributed by atoms with Crippen LogP contribution in [0.3, 0.4) is 0 Å². The highest BCUT2D eigenvalue weighted by Crippen LogP contribution is 2.49. The minimum Gasteiger partial charge on any atom is -0.493 e. The number of aromatic nitrogens is 2. The summed E-state index contributed by atoms with van der Waals surface area (Å²) in [6, 6.07) is 15.3. The number of nitrogens with one attached hydrogen (secondary N) is 1. The maximum absolute atomic E-state index is 13.2. The van der Waals surface area contributed by atoms with Gasteiger partial charge >= 0.3 is 0 Å². The number of ether oxygens (including phenoxy) is 2. The smallest absolute Gasteiger partial charge is 0.235 e. The third-order valence-electron chi connectivity index (χ3n) is 6.34. The van der Waals surface area contributed by atoms with Gasteiger partial charge in [-0.2, -0.15) is 0 Å². The maximum Gasteiger partial charge on any atom is 0.235 e.